The molecule has 8 heteroatoms. The van der Waals surface area contributed by atoms with Gasteiger partial charge in [0.25, 0.3) is 5.69 Å². The van der Waals surface area contributed by atoms with Crippen LogP contribution >= 0.6 is 0 Å². The van der Waals surface area contributed by atoms with Gasteiger partial charge in [0.05, 0.1) is 12.0 Å². The van der Waals surface area contributed by atoms with Gasteiger partial charge in [-0.2, -0.15) is 0 Å². The lowest BCUT2D eigenvalue weighted by Crippen LogP contribution is -2.28. The first-order valence-corrected chi connectivity index (χ1v) is 8.92. The molecular weight excluding hydrogens is 362 g/mol. The number of nitrogens with zero attached hydrogens (tertiary/aromatic N) is 1. The number of nitrogens with one attached hydrogen (secondary N) is 2. The quantitative estimate of drug-likeness (QED) is 0.266. The molecule has 0 aromatic heterocycles. The highest BCUT2D eigenvalue weighted by atomic mass is 16.6. The minimum absolute atomic E-state index is 0.00436. The van der Waals surface area contributed by atoms with Crippen LogP contribution in [0.5, 0.6) is 5.75 Å². The molecule has 0 saturated carbocycles. The first-order chi connectivity index (χ1) is 13.5. The molecule has 2 rings (SSSR count). The van der Waals surface area contributed by atoms with Gasteiger partial charge in [-0.1, -0.05) is 0 Å². The maximum absolute atomic E-state index is 12.1. The summed E-state index contributed by atoms with van der Waals surface area (Å²) in [5, 5.41) is 16.4. The molecule has 0 saturated heterocycles. The van der Waals surface area contributed by atoms with Crippen LogP contribution in [0.2, 0.25) is 0 Å². The Morgan fingerprint density at radius 2 is 1.68 bits per heavy atom. The Bertz CT molecular complexity index is 804. The minimum Gasteiger partial charge on any atom is -0.497 e. The predicted molar refractivity (Wildman–Crippen MR) is 106 cm³/mol. The van der Waals surface area contributed by atoms with Gasteiger partial charge >= 0.3 is 0 Å². The van der Waals surface area contributed by atoms with Gasteiger partial charge in [-0.25, -0.2) is 0 Å². The molecule has 2 aromatic rings. The van der Waals surface area contributed by atoms with E-state index in [0.29, 0.717) is 37.2 Å². The first kappa shape index (κ1) is 20.9. The van der Waals surface area contributed by atoms with Crippen LogP contribution in [0.25, 0.3) is 0 Å². The van der Waals surface area contributed by atoms with Crippen molar-refractivity contribution in [3.05, 3.63) is 64.2 Å². The number of carbonyl (C=O) groups is 2. The number of ether oxygens (including phenoxy) is 1. The highest BCUT2D eigenvalue weighted by Crippen LogP contribution is 2.15. The smallest absolute Gasteiger partial charge is 0.269 e. The molecule has 0 bridgehead atoms. The van der Waals surface area contributed by atoms with Crippen molar-refractivity contribution in [1.29, 1.82) is 0 Å². The number of anilines is 1. The Kier molecular flexibility index (Phi) is 7.95. The van der Waals surface area contributed by atoms with Crippen molar-refractivity contribution < 1.29 is 19.2 Å². The highest BCUT2D eigenvalue weighted by Gasteiger charge is 2.08. The second-order valence-corrected chi connectivity index (χ2v) is 6.09. The maximum Gasteiger partial charge on any atom is 0.269 e. The van der Waals surface area contributed by atoms with Crippen LogP contribution in [-0.4, -0.2) is 36.8 Å². The summed E-state index contributed by atoms with van der Waals surface area (Å²) >= 11 is 0. The summed E-state index contributed by atoms with van der Waals surface area (Å²) < 4.78 is 5.05. The third-order valence-corrected chi connectivity index (χ3v) is 4.07. The molecule has 0 aliphatic heterocycles. The Morgan fingerprint density at radius 3 is 2.29 bits per heavy atom. The number of hydrogen-bond donors (Lipinski definition) is 2. The Hall–Kier alpha value is -3.42. The first-order valence-electron chi connectivity index (χ1n) is 8.92. The van der Waals surface area contributed by atoms with E-state index in [0.717, 1.165) is 5.69 Å². The molecule has 148 valence electrons. The molecule has 0 fully saturated rings. The molecule has 0 atom stereocenters. The summed E-state index contributed by atoms with van der Waals surface area (Å²) in [7, 11) is 1.57. The number of amides is 1. The molecular formula is C20H23N3O5. The summed E-state index contributed by atoms with van der Waals surface area (Å²) in [4.78, 5) is 34.1. The van der Waals surface area contributed by atoms with E-state index in [1.54, 1.807) is 43.5 Å². The number of rotatable bonds is 11. The number of hydrogen-bond acceptors (Lipinski definition) is 6. The Balaban J connectivity index is 1.60. The third-order valence-electron chi connectivity index (χ3n) is 4.07. The number of Topliss-reactive ketones (excluding diaryl/α,β-unsaturated/α-hetero) is 1. The van der Waals surface area contributed by atoms with Crippen molar-refractivity contribution in [3.8, 4) is 5.75 Å². The second kappa shape index (κ2) is 10.7. The van der Waals surface area contributed by atoms with Crippen LogP contribution in [0, 0.1) is 10.1 Å². The molecule has 2 aromatic carbocycles. The van der Waals surface area contributed by atoms with Crippen molar-refractivity contribution in [2.75, 3.05) is 25.5 Å². The van der Waals surface area contributed by atoms with E-state index < -0.39 is 4.92 Å². The average molecular weight is 385 g/mol. The highest BCUT2D eigenvalue weighted by molar-refractivity contribution is 5.96. The maximum atomic E-state index is 12.1. The summed E-state index contributed by atoms with van der Waals surface area (Å²) in [6.45, 7) is 0.913. The zero-order chi connectivity index (χ0) is 20.4. The molecule has 1 amide bonds. The van der Waals surface area contributed by atoms with Crippen LogP contribution in [0.1, 0.15) is 29.6 Å². The van der Waals surface area contributed by atoms with E-state index in [2.05, 4.69) is 10.6 Å². The van der Waals surface area contributed by atoms with Crippen molar-refractivity contribution in [3.63, 3.8) is 0 Å². The molecule has 0 aliphatic rings. The van der Waals surface area contributed by atoms with Gasteiger partial charge in [-0.05, 0) is 42.8 Å². The van der Waals surface area contributed by atoms with Gasteiger partial charge < -0.3 is 15.4 Å². The van der Waals surface area contributed by atoms with Crippen LogP contribution in [0.15, 0.2) is 48.5 Å². The molecule has 0 heterocycles. The monoisotopic (exact) mass is 385 g/mol. The van der Waals surface area contributed by atoms with E-state index in [-0.39, 0.29) is 23.8 Å². The van der Waals surface area contributed by atoms with Gasteiger partial charge in [0, 0.05) is 49.3 Å². The molecule has 2 N–H and O–H groups in total. The zero-order valence-corrected chi connectivity index (χ0v) is 15.6. The summed E-state index contributed by atoms with van der Waals surface area (Å²) in [6, 6.07) is 13.0. The lowest BCUT2D eigenvalue weighted by molar-refractivity contribution is -0.384. The molecule has 28 heavy (non-hydrogen) atoms. The molecule has 0 aliphatic carbocycles. The molecule has 0 unspecified atom stereocenters. The zero-order valence-electron chi connectivity index (χ0n) is 15.6. The van der Waals surface area contributed by atoms with Crippen LogP contribution in [-0.2, 0) is 4.79 Å². The van der Waals surface area contributed by atoms with Gasteiger partial charge in [0.1, 0.15) is 5.75 Å². The van der Waals surface area contributed by atoms with E-state index in [1.807, 2.05) is 0 Å². The number of ketones is 1. The topological polar surface area (TPSA) is 111 Å². The fraction of sp³-hybridized carbons (Fsp3) is 0.300. The molecule has 0 radical (unpaired) electrons. The molecule has 0 spiro atoms. The fourth-order valence-corrected chi connectivity index (χ4v) is 2.53. The Labute approximate surface area is 163 Å². The second-order valence-electron chi connectivity index (χ2n) is 6.09. The Morgan fingerprint density at radius 1 is 1.00 bits per heavy atom. The number of carbonyl (C=O) groups excluding carboxylic acids is 2. The third kappa shape index (κ3) is 6.71. The van der Waals surface area contributed by atoms with E-state index in [1.165, 1.54) is 12.1 Å². The number of non-ortho nitro benzene ring substituents is 1. The normalized spacial score (nSPS) is 10.2. The lowest BCUT2D eigenvalue weighted by Gasteiger charge is -2.08. The summed E-state index contributed by atoms with van der Waals surface area (Å²) in [5.41, 5.74) is 1.38. The number of nitro benzene ring substituents is 1. The van der Waals surface area contributed by atoms with E-state index in [9.17, 15) is 19.7 Å². The molecule has 8 nitrogen and oxygen atoms in total. The minimum atomic E-state index is -0.455. The largest absolute Gasteiger partial charge is 0.497 e. The van der Waals surface area contributed by atoms with Crippen molar-refractivity contribution in [2.24, 2.45) is 0 Å². The lowest BCUT2D eigenvalue weighted by atomic mass is 10.1. The van der Waals surface area contributed by atoms with Crippen molar-refractivity contribution >= 4 is 23.1 Å². The number of methoxy groups -OCH3 is 1. The van der Waals surface area contributed by atoms with Gasteiger partial charge in [0.2, 0.25) is 5.91 Å². The predicted octanol–water partition coefficient (Wildman–Crippen LogP) is 3.18. The van der Waals surface area contributed by atoms with E-state index in [4.69, 9.17) is 4.74 Å². The van der Waals surface area contributed by atoms with Crippen molar-refractivity contribution in [1.82, 2.24) is 5.32 Å². The average Bonchev–Trinajstić information content (AvgIpc) is 2.71. The van der Waals surface area contributed by atoms with E-state index >= 15 is 0 Å². The fourth-order valence-electron chi connectivity index (χ4n) is 2.53. The SMILES string of the molecule is COc1ccc(C(=O)CCCC(=O)NCCNc2ccc([N+](=O)[O-])cc2)cc1. The number of nitro groups is 1. The van der Waals surface area contributed by atoms with Crippen LogP contribution in [0.3, 0.4) is 0 Å². The summed E-state index contributed by atoms with van der Waals surface area (Å²) in [5.74, 6) is 0.571. The van der Waals surface area contributed by atoms with Crippen molar-refractivity contribution in [2.45, 2.75) is 19.3 Å². The van der Waals surface area contributed by atoms with Gasteiger partial charge in [-0.3, -0.25) is 19.7 Å². The standard InChI is InChI=1S/C20H23N3O5/c1-28-18-11-5-15(6-12-18)19(24)3-2-4-20(25)22-14-13-21-16-7-9-17(10-8-16)23(26)27/h5-12,21H,2-4,13-14H2,1H3,(H,22,25). The van der Waals surface area contributed by atoms with Crippen LogP contribution in [0.4, 0.5) is 11.4 Å². The number of benzene rings is 2. The van der Waals surface area contributed by atoms with Crippen LogP contribution < -0.4 is 15.4 Å². The van der Waals surface area contributed by atoms with Gasteiger partial charge in [0.15, 0.2) is 5.78 Å². The van der Waals surface area contributed by atoms with Gasteiger partial charge in [-0.15, -0.1) is 0 Å². The summed E-state index contributed by atoms with van der Waals surface area (Å²) in [6.07, 6.45) is 1.06.